The van der Waals surface area contributed by atoms with Crippen LogP contribution in [0, 0.1) is 0 Å². The molecule has 3 rings (SSSR count). The van der Waals surface area contributed by atoms with Gasteiger partial charge in [-0.1, -0.05) is 17.7 Å². The molecule has 30 heavy (non-hydrogen) atoms. The molecule has 1 fully saturated rings. The van der Waals surface area contributed by atoms with Crippen LogP contribution in [0.2, 0.25) is 5.02 Å². The van der Waals surface area contributed by atoms with E-state index in [9.17, 15) is 13.2 Å². The highest BCUT2D eigenvalue weighted by molar-refractivity contribution is 7.89. The van der Waals surface area contributed by atoms with Gasteiger partial charge in [0.15, 0.2) is 0 Å². The van der Waals surface area contributed by atoms with Gasteiger partial charge in [0.05, 0.1) is 22.7 Å². The minimum atomic E-state index is -3.74. The van der Waals surface area contributed by atoms with Crippen LogP contribution in [0.15, 0.2) is 53.4 Å². The summed E-state index contributed by atoms with van der Waals surface area (Å²) in [6, 6.07) is 12.7. The zero-order valence-corrected chi connectivity index (χ0v) is 18.4. The first-order chi connectivity index (χ1) is 14.3. The van der Waals surface area contributed by atoms with Gasteiger partial charge in [-0.15, -0.1) is 0 Å². The molecule has 0 aliphatic carbocycles. The third kappa shape index (κ3) is 5.72. The molecule has 0 N–H and O–H groups in total. The second-order valence-corrected chi connectivity index (χ2v) is 9.42. The largest absolute Gasteiger partial charge is 0.490 e. The normalized spacial score (nSPS) is 20.0. The summed E-state index contributed by atoms with van der Waals surface area (Å²) in [6.07, 6.45) is -0.394. The molecule has 162 valence electrons. The smallest absolute Gasteiger partial charge is 0.338 e. The first-order valence-electron chi connectivity index (χ1n) is 9.57. The van der Waals surface area contributed by atoms with Crippen LogP contribution in [0.1, 0.15) is 24.2 Å². The predicted octanol–water partition coefficient (Wildman–Crippen LogP) is 3.37. The number of sulfonamides is 1. The third-order valence-corrected chi connectivity index (χ3v) is 6.57. The van der Waals surface area contributed by atoms with Crippen LogP contribution in [-0.2, 0) is 19.5 Å². The maximum Gasteiger partial charge on any atom is 0.338 e. The summed E-state index contributed by atoms with van der Waals surface area (Å²) in [6.45, 7) is 4.38. The van der Waals surface area contributed by atoms with Crippen molar-refractivity contribution in [3.63, 3.8) is 0 Å². The molecule has 0 saturated carbocycles. The lowest BCUT2D eigenvalue weighted by Crippen LogP contribution is -2.48. The van der Waals surface area contributed by atoms with Crippen molar-refractivity contribution >= 4 is 27.6 Å². The second kappa shape index (κ2) is 9.78. The van der Waals surface area contributed by atoms with Crippen LogP contribution in [0.3, 0.4) is 0 Å². The Morgan fingerprint density at radius 1 is 1.10 bits per heavy atom. The Kier molecular flexibility index (Phi) is 7.36. The molecular weight excluding hydrogens is 430 g/mol. The SMILES string of the molecule is CC1CN(S(=O)(=O)c2cccc(C(=O)OCCOc3ccc(Cl)cc3)c2)CC(C)O1. The van der Waals surface area contributed by atoms with E-state index in [1.54, 1.807) is 24.3 Å². The van der Waals surface area contributed by atoms with Crippen LogP contribution in [0.5, 0.6) is 5.75 Å². The van der Waals surface area contributed by atoms with Gasteiger partial charge in [0, 0.05) is 18.1 Å². The molecule has 7 nitrogen and oxygen atoms in total. The fourth-order valence-corrected chi connectivity index (χ4v) is 4.93. The van der Waals surface area contributed by atoms with E-state index in [1.165, 1.54) is 28.6 Å². The number of esters is 1. The lowest BCUT2D eigenvalue weighted by atomic mass is 10.2. The zero-order valence-electron chi connectivity index (χ0n) is 16.8. The molecule has 0 aromatic heterocycles. The Bertz CT molecular complexity index is 969. The zero-order chi connectivity index (χ0) is 21.7. The number of halogens is 1. The Morgan fingerprint density at radius 3 is 2.43 bits per heavy atom. The summed E-state index contributed by atoms with van der Waals surface area (Å²) >= 11 is 5.81. The van der Waals surface area contributed by atoms with Crippen molar-refractivity contribution in [2.75, 3.05) is 26.3 Å². The van der Waals surface area contributed by atoms with Gasteiger partial charge >= 0.3 is 5.97 Å². The highest BCUT2D eigenvalue weighted by Gasteiger charge is 2.32. The van der Waals surface area contributed by atoms with E-state index >= 15 is 0 Å². The van der Waals surface area contributed by atoms with Crippen LogP contribution >= 0.6 is 11.6 Å². The van der Waals surface area contributed by atoms with Crippen molar-refractivity contribution in [3.8, 4) is 5.75 Å². The van der Waals surface area contributed by atoms with Crippen LogP contribution in [0.25, 0.3) is 0 Å². The summed E-state index contributed by atoms with van der Waals surface area (Å²) in [4.78, 5) is 12.4. The van der Waals surface area contributed by atoms with Crippen LogP contribution in [0.4, 0.5) is 0 Å². The standard InChI is InChI=1S/C21H24ClNO6S/c1-15-13-23(14-16(2)29-15)30(25,26)20-5-3-4-17(12-20)21(24)28-11-10-27-19-8-6-18(22)7-9-19/h3-9,12,15-16H,10-11,13-14H2,1-2H3. The van der Waals surface area contributed by atoms with E-state index in [0.717, 1.165) is 0 Å². The van der Waals surface area contributed by atoms with Crippen LogP contribution < -0.4 is 4.74 Å². The van der Waals surface area contributed by atoms with E-state index in [1.807, 2.05) is 13.8 Å². The molecule has 2 aromatic rings. The maximum absolute atomic E-state index is 13.0. The highest BCUT2D eigenvalue weighted by Crippen LogP contribution is 2.22. The van der Waals surface area contributed by atoms with E-state index in [-0.39, 0.29) is 49.0 Å². The van der Waals surface area contributed by atoms with Gasteiger partial charge in [0.1, 0.15) is 19.0 Å². The second-order valence-electron chi connectivity index (χ2n) is 7.05. The number of carbonyl (C=O) groups is 1. The summed E-state index contributed by atoms with van der Waals surface area (Å²) in [5, 5.41) is 0.601. The van der Waals surface area contributed by atoms with Crippen molar-refractivity contribution in [3.05, 3.63) is 59.1 Å². The van der Waals surface area contributed by atoms with E-state index in [0.29, 0.717) is 10.8 Å². The Hall–Kier alpha value is -2.13. The van der Waals surface area contributed by atoms with Crippen molar-refractivity contribution in [2.45, 2.75) is 31.0 Å². The summed E-state index contributed by atoms with van der Waals surface area (Å²) in [5.41, 5.74) is 0.164. The van der Waals surface area contributed by atoms with Crippen molar-refractivity contribution in [1.82, 2.24) is 4.31 Å². The fraction of sp³-hybridized carbons (Fsp3) is 0.381. The number of rotatable bonds is 7. The van der Waals surface area contributed by atoms with E-state index < -0.39 is 16.0 Å². The quantitative estimate of drug-likeness (QED) is 0.472. The molecule has 1 aliphatic rings. The number of ether oxygens (including phenoxy) is 3. The monoisotopic (exact) mass is 453 g/mol. The molecule has 1 aliphatic heterocycles. The van der Waals surface area contributed by atoms with Crippen molar-refractivity contribution in [1.29, 1.82) is 0 Å². The van der Waals surface area contributed by atoms with Crippen molar-refractivity contribution in [2.24, 2.45) is 0 Å². The minimum absolute atomic E-state index is 0.0247. The number of hydrogen-bond acceptors (Lipinski definition) is 6. The molecule has 0 radical (unpaired) electrons. The van der Waals surface area contributed by atoms with Gasteiger partial charge in [-0.05, 0) is 56.3 Å². The van der Waals surface area contributed by atoms with Gasteiger partial charge in [-0.3, -0.25) is 0 Å². The molecule has 1 saturated heterocycles. The molecule has 2 unspecified atom stereocenters. The summed E-state index contributed by atoms with van der Waals surface area (Å²) < 4.78 is 43.6. The van der Waals surface area contributed by atoms with Gasteiger partial charge in [-0.2, -0.15) is 4.31 Å². The number of benzene rings is 2. The maximum atomic E-state index is 13.0. The lowest BCUT2D eigenvalue weighted by molar-refractivity contribution is -0.0440. The van der Waals surface area contributed by atoms with Crippen LogP contribution in [-0.4, -0.2) is 57.2 Å². The van der Waals surface area contributed by atoms with Gasteiger partial charge in [0.25, 0.3) is 0 Å². The Balaban J connectivity index is 1.60. The molecule has 0 spiro atoms. The molecular formula is C21H24ClNO6S. The average molecular weight is 454 g/mol. The number of nitrogens with zero attached hydrogens (tertiary/aromatic N) is 1. The molecule has 0 bridgehead atoms. The molecule has 1 heterocycles. The number of hydrogen-bond donors (Lipinski definition) is 0. The van der Waals surface area contributed by atoms with Gasteiger partial charge in [0.2, 0.25) is 10.0 Å². The Morgan fingerprint density at radius 2 is 1.77 bits per heavy atom. The topological polar surface area (TPSA) is 82.1 Å². The third-order valence-electron chi connectivity index (χ3n) is 4.49. The van der Waals surface area contributed by atoms with Crippen molar-refractivity contribution < 1.29 is 27.4 Å². The predicted molar refractivity (Wildman–Crippen MR) is 112 cm³/mol. The fourth-order valence-electron chi connectivity index (χ4n) is 3.17. The molecule has 2 atom stereocenters. The number of morpholine rings is 1. The molecule has 0 amide bonds. The minimum Gasteiger partial charge on any atom is -0.490 e. The lowest BCUT2D eigenvalue weighted by Gasteiger charge is -2.34. The Labute approximate surface area is 181 Å². The average Bonchev–Trinajstić information content (AvgIpc) is 2.71. The van der Waals surface area contributed by atoms with Gasteiger partial charge in [-0.25, -0.2) is 13.2 Å². The molecule has 9 heteroatoms. The van der Waals surface area contributed by atoms with E-state index in [2.05, 4.69) is 0 Å². The first-order valence-corrected chi connectivity index (χ1v) is 11.4. The molecule has 2 aromatic carbocycles. The summed E-state index contributed by atoms with van der Waals surface area (Å²) in [7, 11) is -3.74. The highest BCUT2D eigenvalue weighted by atomic mass is 35.5. The van der Waals surface area contributed by atoms with Gasteiger partial charge < -0.3 is 14.2 Å². The summed E-state index contributed by atoms with van der Waals surface area (Å²) in [5.74, 6) is -0.00650. The number of carbonyl (C=O) groups excluding carboxylic acids is 1. The van der Waals surface area contributed by atoms with E-state index in [4.69, 9.17) is 25.8 Å². The first kappa shape index (κ1) is 22.6.